The number of carbonyl (C=O) groups excluding carboxylic acids is 1. The zero-order valence-electron chi connectivity index (χ0n) is 12.3. The van der Waals surface area contributed by atoms with Gasteiger partial charge < -0.3 is 5.32 Å². The number of rotatable bonds is 6. The molecule has 3 N–H and O–H groups in total. The van der Waals surface area contributed by atoms with Crippen molar-refractivity contribution in [1.82, 2.24) is 5.32 Å². The fourth-order valence-corrected chi connectivity index (χ4v) is 4.31. The molecule has 0 aliphatic rings. The normalized spacial score (nSPS) is 13.5. The Bertz CT molecular complexity index is 574. The van der Waals surface area contributed by atoms with Gasteiger partial charge in [0, 0.05) is 11.4 Å². The van der Waals surface area contributed by atoms with Crippen LogP contribution in [-0.2, 0) is 10.0 Å². The Kier molecular flexibility index (Phi) is 5.73. The Balaban J connectivity index is 2.92. The van der Waals surface area contributed by atoms with Gasteiger partial charge in [0.05, 0.1) is 5.56 Å². The summed E-state index contributed by atoms with van der Waals surface area (Å²) >= 11 is 0.985. The van der Waals surface area contributed by atoms with E-state index in [1.807, 2.05) is 6.92 Å². The highest BCUT2D eigenvalue weighted by molar-refractivity contribution is 7.91. The zero-order valence-corrected chi connectivity index (χ0v) is 13.9. The SMILES string of the molecule is CCC(CC)C(C)NC(=O)c1csc(S(N)(=O)=O)c1C. The highest BCUT2D eigenvalue weighted by Gasteiger charge is 2.23. The van der Waals surface area contributed by atoms with Gasteiger partial charge in [0.1, 0.15) is 4.21 Å². The third kappa shape index (κ3) is 3.80. The molecule has 7 heteroatoms. The average molecular weight is 318 g/mol. The van der Waals surface area contributed by atoms with Crippen molar-refractivity contribution in [3.8, 4) is 0 Å². The maximum Gasteiger partial charge on any atom is 0.252 e. The molecule has 1 unspecified atom stereocenters. The van der Waals surface area contributed by atoms with Crippen LogP contribution in [0.3, 0.4) is 0 Å². The topological polar surface area (TPSA) is 89.3 Å². The minimum atomic E-state index is -3.76. The van der Waals surface area contributed by atoms with E-state index in [0.717, 1.165) is 24.2 Å². The molecule has 0 bridgehead atoms. The van der Waals surface area contributed by atoms with Gasteiger partial charge in [-0.25, -0.2) is 13.6 Å². The van der Waals surface area contributed by atoms with Gasteiger partial charge in [0.2, 0.25) is 10.0 Å². The van der Waals surface area contributed by atoms with Crippen LogP contribution in [0.1, 0.15) is 49.5 Å². The molecular weight excluding hydrogens is 296 g/mol. The monoisotopic (exact) mass is 318 g/mol. The standard InChI is InChI=1S/C13H22N2O3S2/c1-5-10(6-2)9(4)15-12(16)11-7-19-13(8(11)3)20(14,17)18/h7,9-10H,5-6H2,1-4H3,(H,15,16)(H2,14,17,18). The van der Waals surface area contributed by atoms with Crippen LogP contribution in [0, 0.1) is 12.8 Å². The molecule has 0 radical (unpaired) electrons. The molecule has 1 aromatic rings. The first-order chi connectivity index (χ1) is 9.22. The summed E-state index contributed by atoms with van der Waals surface area (Å²) in [6.07, 6.45) is 1.98. The van der Waals surface area contributed by atoms with Crippen LogP contribution in [0.5, 0.6) is 0 Å². The second-order valence-corrected chi connectivity index (χ2v) is 7.58. The minimum Gasteiger partial charge on any atom is -0.349 e. The van der Waals surface area contributed by atoms with Gasteiger partial charge in [0.15, 0.2) is 0 Å². The molecule has 0 saturated carbocycles. The Morgan fingerprint density at radius 3 is 2.35 bits per heavy atom. The lowest BCUT2D eigenvalue weighted by molar-refractivity contribution is 0.0925. The molecule has 5 nitrogen and oxygen atoms in total. The summed E-state index contributed by atoms with van der Waals surface area (Å²) in [5.74, 6) is 0.170. The van der Waals surface area contributed by atoms with Gasteiger partial charge in [-0.1, -0.05) is 26.7 Å². The van der Waals surface area contributed by atoms with Crippen molar-refractivity contribution in [2.75, 3.05) is 0 Å². The second kappa shape index (κ2) is 6.69. The highest BCUT2D eigenvalue weighted by atomic mass is 32.2. The smallest absolute Gasteiger partial charge is 0.252 e. The number of hydrogen-bond donors (Lipinski definition) is 2. The molecule has 0 aliphatic heterocycles. The summed E-state index contributed by atoms with van der Waals surface area (Å²) in [5.41, 5.74) is 0.809. The van der Waals surface area contributed by atoms with E-state index in [2.05, 4.69) is 19.2 Å². The molecule has 20 heavy (non-hydrogen) atoms. The van der Waals surface area contributed by atoms with Crippen molar-refractivity contribution >= 4 is 27.3 Å². The summed E-state index contributed by atoms with van der Waals surface area (Å²) < 4.78 is 22.8. The Labute approximate surface area is 124 Å². The lowest BCUT2D eigenvalue weighted by atomic mass is 9.95. The van der Waals surface area contributed by atoms with Crippen LogP contribution in [0.15, 0.2) is 9.59 Å². The first-order valence-electron chi connectivity index (χ1n) is 6.64. The molecule has 1 aromatic heterocycles. The lowest BCUT2D eigenvalue weighted by Gasteiger charge is -2.22. The Morgan fingerprint density at radius 1 is 1.40 bits per heavy atom. The Morgan fingerprint density at radius 2 is 1.95 bits per heavy atom. The van der Waals surface area contributed by atoms with E-state index in [1.165, 1.54) is 0 Å². The predicted octanol–water partition coefficient (Wildman–Crippen LogP) is 2.26. The van der Waals surface area contributed by atoms with Crippen LogP contribution < -0.4 is 10.5 Å². The molecule has 1 heterocycles. The van der Waals surface area contributed by atoms with Gasteiger partial charge in [-0.05, 0) is 25.3 Å². The predicted molar refractivity (Wildman–Crippen MR) is 81.4 cm³/mol. The van der Waals surface area contributed by atoms with Crippen molar-refractivity contribution in [3.63, 3.8) is 0 Å². The van der Waals surface area contributed by atoms with E-state index in [1.54, 1.807) is 12.3 Å². The molecule has 1 atom stereocenters. The van der Waals surface area contributed by atoms with Gasteiger partial charge in [-0.3, -0.25) is 4.79 Å². The number of carbonyl (C=O) groups is 1. The maximum atomic E-state index is 12.2. The van der Waals surface area contributed by atoms with Crippen LogP contribution in [-0.4, -0.2) is 20.4 Å². The first kappa shape index (κ1) is 17.1. The van der Waals surface area contributed by atoms with E-state index < -0.39 is 10.0 Å². The summed E-state index contributed by atoms with van der Waals surface area (Å²) in [6.45, 7) is 7.75. The van der Waals surface area contributed by atoms with Crippen molar-refractivity contribution in [2.45, 2.75) is 50.8 Å². The van der Waals surface area contributed by atoms with Crippen LogP contribution >= 0.6 is 11.3 Å². The van der Waals surface area contributed by atoms with Gasteiger partial charge in [-0.15, -0.1) is 11.3 Å². The van der Waals surface area contributed by atoms with Crippen molar-refractivity contribution < 1.29 is 13.2 Å². The van der Waals surface area contributed by atoms with Gasteiger partial charge >= 0.3 is 0 Å². The van der Waals surface area contributed by atoms with E-state index in [4.69, 9.17) is 5.14 Å². The molecule has 0 spiro atoms. The van der Waals surface area contributed by atoms with E-state index in [-0.39, 0.29) is 16.2 Å². The minimum absolute atomic E-state index is 0.0507. The molecular formula is C13H22N2O3S2. The second-order valence-electron chi connectivity index (χ2n) is 4.95. The summed E-state index contributed by atoms with van der Waals surface area (Å²) in [7, 11) is -3.76. The lowest BCUT2D eigenvalue weighted by Crippen LogP contribution is -2.37. The number of sulfonamides is 1. The number of nitrogens with one attached hydrogen (secondary N) is 1. The molecule has 1 rings (SSSR count). The summed E-state index contributed by atoms with van der Waals surface area (Å²) in [4.78, 5) is 12.2. The first-order valence-corrected chi connectivity index (χ1v) is 9.06. The third-order valence-corrected chi connectivity index (χ3v) is 6.29. The number of primary sulfonamides is 1. The van der Waals surface area contributed by atoms with E-state index in [9.17, 15) is 13.2 Å². The largest absolute Gasteiger partial charge is 0.349 e. The van der Waals surface area contributed by atoms with Crippen molar-refractivity contribution in [2.24, 2.45) is 11.1 Å². The van der Waals surface area contributed by atoms with E-state index in [0.29, 0.717) is 17.0 Å². The number of amides is 1. The van der Waals surface area contributed by atoms with Crippen LogP contribution in [0.2, 0.25) is 0 Å². The van der Waals surface area contributed by atoms with Crippen LogP contribution in [0.25, 0.3) is 0 Å². The van der Waals surface area contributed by atoms with E-state index >= 15 is 0 Å². The number of hydrogen-bond acceptors (Lipinski definition) is 4. The average Bonchev–Trinajstić information content (AvgIpc) is 2.72. The number of nitrogens with two attached hydrogens (primary N) is 1. The molecule has 0 aliphatic carbocycles. The molecule has 0 fully saturated rings. The Hall–Kier alpha value is -0.920. The molecule has 0 saturated heterocycles. The summed E-state index contributed by atoms with van der Waals surface area (Å²) in [6, 6.07) is 0.0507. The highest BCUT2D eigenvalue weighted by Crippen LogP contribution is 2.25. The number of thiophene rings is 1. The third-order valence-electron chi connectivity index (χ3n) is 3.61. The van der Waals surface area contributed by atoms with Gasteiger partial charge in [-0.2, -0.15) is 0 Å². The quantitative estimate of drug-likeness (QED) is 0.843. The fourth-order valence-electron chi connectivity index (χ4n) is 2.30. The molecule has 0 aromatic carbocycles. The van der Waals surface area contributed by atoms with Crippen molar-refractivity contribution in [3.05, 3.63) is 16.5 Å². The molecule has 1 amide bonds. The van der Waals surface area contributed by atoms with Crippen LogP contribution in [0.4, 0.5) is 0 Å². The van der Waals surface area contributed by atoms with Gasteiger partial charge in [0.25, 0.3) is 5.91 Å². The maximum absolute atomic E-state index is 12.2. The fraction of sp³-hybridized carbons (Fsp3) is 0.615. The van der Waals surface area contributed by atoms with Crippen molar-refractivity contribution in [1.29, 1.82) is 0 Å². The molecule has 114 valence electrons. The summed E-state index contributed by atoms with van der Waals surface area (Å²) in [5, 5.41) is 9.60. The zero-order chi connectivity index (χ0) is 15.5.